The summed E-state index contributed by atoms with van der Waals surface area (Å²) >= 11 is 7.68. The molecule has 1 aromatic heterocycles. The molecule has 0 saturated carbocycles. The fourth-order valence-electron chi connectivity index (χ4n) is 3.65. The minimum atomic E-state index is -0.430. The number of amides is 1. The van der Waals surface area contributed by atoms with Gasteiger partial charge >= 0.3 is 0 Å². The molecule has 160 valence electrons. The summed E-state index contributed by atoms with van der Waals surface area (Å²) < 4.78 is 14.4. The Morgan fingerprint density at radius 2 is 1.94 bits per heavy atom. The van der Waals surface area contributed by atoms with Gasteiger partial charge in [0, 0.05) is 27.5 Å². The summed E-state index contributed by atoms with van der Waals surface area (Å²) in [6.07, 6.45) is 0.644. The van der Waals surface area contributed by atoms with Gasteiger partial charge in [-0.05, 0) is 35.9 Å². The van der Waals surface area contributed by atoms with Crippen molar-refractivity contribution in [2.75, 3.05) is 10.7 Å². The van der Waals surface area contributed by atoms with Crippen molar-refractivity contribution in [3.63, 3.8) is 0 Å². The maximum absolute atomic E-state index is 14.4. The Bertz CT molecular complexity index is 1270. The molecule has 8 heteroatoms. The van der Waals surface area contributed by atoms with Gasteiger partial charge in [0.15, 0.2) is 5.82 Å². The standard InChI is InChI=1S/C24H18ClFN4OS/c25-18-7-4-8-19(26)17(18)13-30-20-12-16(9-10-21(20)32-14-23(30)31)24-27-22(28-29-24)11-15-5-2-1-3-6-15/h1-10,12H,11,13-14H2,(H,27,28,29). The molecule has 0 fully saturated rings. The first-order valence-electron chi connectivity index (χ1n) is 10.0. The molecule has 32 heavy (non-hydrogen) atoms. The van der Waals surface area contributed by atoms with E-state index in [0.717, 1.165) is 21.8 Å². The molecule has 5 rings (SSSR count). The van der Waals surface area contributed by atoms with E-state index >= 15 is 0 Å². The first-order chi connectivity index (χ1) is 15.6. The van der Waals surface area contributed by atoms with Gasteiger partial charge in [0.25, 0.3) is 0 Å². The van der Waals surface area contributed by atoms with E-state index in [1.807, 2.05) is 48.5 Å². The maximum atomic E-state index is 14.4. The lowest BCUT2D eigenvalue weighted by atomic mass is 10.1. The third-order valence-corrected chi connectivity index (χ3v) is 6.69. The number of benzene rings is 3. The topological polar surface area (TPSA) is 61.9 Å². The van der Waals surface area contributed by atoms with E-state index in [9.17, 15) is 9.18 Å². The zero-order valence-corrected chi connectivity index (χ0v) is 18.5. The molecule has 1 aliphatic rings. The number of thioether (sulfide) groups is 1. The van der Waals surface area contributed by atoms with Gasteiger partial charge in [-0.15, -0.1) is 11.8 Å². The van der Waals surface area contributed by atoms with Crippen molar-refractivity contribution in [3.05, 3.63) is 94.5 Å². The Balaban J connectivity index is 1.46. The van der Waals surface area contributed by atoms with Crippen molar-refractivity contribution >= 4 is 35.0 Å². The average Bonchev–Trinajstić information content (AvgIpc) is 3.26. The van der Waals surface area contributed by atoms with Crippen LogP contribution in [0, 0.1) is 5.82 Å². The van der Waals surface area contributed by atoms with Crippen molar-refractivity contribution in [1.82, 2.24) is 15.2 Å². The van der Waals surface area contributed by atoms with Gasteiger partial charge in [0.05, 0.1) is 18.0 Å². The molecular weight excluding hydrogens is 447 g/mol. The molecule has 3 aromatic carbocycles. The summed E-state index contributed by atoms with van der Waals surface area (Å²) in [4.78, 5) is 19.9. The Labute approximate surface area is 193 Å². The largest absolute Gasteiger partial charge is 0.306 e. The number of rotatable bonds is 5. The van der Waals surface area contributed by atoms with E-state index in [4.69, 9.17) is 11.6 Å². The average molecular weight is 465 g/mol. The molecular formula is C24H18ClFN4OS. The summed E-state index contributed by atoms with van der Waals surface area (Å²) in [5.41, 5.74) is 2.92. The van der Waals surface area contributed by atoms with E-state index < -0.39 is 5.82 Å². The second kappa shape index (κ2) is 8.76. The zero-order chi connectivity index (χ0) is 22.1. The van der Waals surface area contributed by atoms with Crippen LogP contribution in [0.3, 0.4) is 0 Å². The Kier molecular flexibility index (Phi) is 5.68. The Morgan fingerprint density at radius 1 is 1.09 bits per heavy atom. The number of nitrogens with one attached hydrogen (secondary N) is 1. The molecule has 1 amide bonds. The van der Waals surface area contributed by atoms with Gasteiger partial charge in [-0.3, -0.25) is 9.89 Å². The summed E-state index contributed by atoms with van der Waals surface area (Å²) in [5.74, 6) is 1.06. The number of carbonyl (C=O) groups excluding carboxylic acids is 1. The van der Waals surface area contributed by atoms with Crippen molar-refractivity contribution in [1.29, 1.82) is 0 Å². The SMILES string of the molecule is O=C1CSc2ccc(-c3n[nH]c(Cc4ccccc4)n3)cc2N1Cc1c(F)cccc1Cl. The van der Waals surface area contributed by atoms with Crippen LogP contribution in [0.5, 0.6) is 0 Å². The first kappa shape index (κ1) is 20.7. The second-order valence-corrected chi connectivity index (χ2v) is 8.84. The van der Waals surface area contributed by atoms with Crippen molar-refractivity contribution in [2.45, 2.75) is 17.9 Å². The van der Waals surface area contributed by atoms with E-state index in [1.165, 1.54) is 17.8 Å². The van der Waals surface area contributed by atoms with Crippen LogP contribution in [0.15, 0.2) is 71.6 Å². The van der Waals surface area contributed by atoms with Gasteiger partial charge in [-0.1, -0.05) is 48.0 Å². The lowest BCUT2D eigenvalue weighted by Gasteiger charge is -2.29. The molecule has 4 aromatic rings. The Hall–Kier alpha value is -3.16. The molecule has 5 nitrogen and oxygen atoms in total. The van der Waals surface area contributed by atoms with Crippen LogP contribution in [-0.4, -0.2) is 26.8 Å². The summed E-state index contributed by atoms with van der Waals surface area (Å²) in [5, 5.41) is 7.65. The van der Waals surface area contributed by atoms with Crippen LogP contribution < -0.4 is 4.90 Å². The van der Waals surface area contributed by atoms with E-state index in [1.54, 1.807) is 17.0 Å². The molecule has 0 unspecified atom stereocenters. The third kappa shape index (κ3) is 4.13. The van der Waals surface area contributed by atoms with Crippen molar-refractivity contribution in [2.24, 2.45) is 0 Å². The van der Waals surface area contributed by atoms with Crippen LogP contribution >= 0.6 is 23.4 Å². The number of H-pyrrole nitrogens is 1. The number of halogens is 2. The molecule has 1 aliphatic heterocycles. The molecule has 1 N–H and O–H groups in total. The van der Waals surface area contributed by atoms with Crippen LogP contribution in [-0.2, 0) is 17.8 Å². The minimum Gasteiger partial charge on any atom is -0.306 e. The highest BCUT2D eigenvalue weighted by atomic mass is 35.5. The monoisotopic (exact) mass is 464 g/mol. The number of anilines is 1. The summed E-state index contributed by atoms with van der Waals surface area (Å²) in [7, 11) is 0. The van der Waals surface area contributed by atoms with Crippen LogP contribution in [0.1, 0.15) is 17.0 Å². The highest BCUT2D eigenvalue weighted by Crippen LogP contribution is 2.39. The number of hydrogen-bond acceptors (Lipinski definition) is 4. The molecule has 0 bridgehead atoms. The normalized spacial score (nSPS) is 13.3. The molecule has 0 radical (unpaired) electrons. The fourth-order valence-corrected chi connectivity index (χ4v) is 4.79. The van der Waals surface area contributed by atoms with Crippen molar-refractivity contribution < 1.29 is 9.18 Å². The zero-order valence-electron chi connectivity index (χ0n) is 16.9. The molecule has 0 saturated heterocycles. The lowest BCUT2D eigenvalue weighted by molar-refractivity contribution is -0.116. The number of carbonyl (C=O) groups is 1. The van der Waals surface area contributed by atoms with Gasteiger partial charge in [-0.2, -0.15) is 5.10 Å². The molecule has 0 spiro atoms. The van der Waals surface area contributed by atoms with Gasteiger partial charge in [0.2, 0.25) is 5.91 Å². The van der Waals surface area contributed by atoms with Crippen LogP contribution in [0.4, 0.5) is 10.1 Å². The lowest BCUT2D eigenvalue weighted by Crippen LogP contribution is -2.35. The third-order valence-electron chi connectivity index (χ3n) is 5.28. The van der Waals surface area contributed by atoms with Gasteiger partial charge < -0.3 is 4.90 Å². The second-order valence-electron chi connectivity index (χ2n) is 7.42. The van der Waals surface area contributed by atoms with E-state index in [2.05, 4.69) is 15.2 Å². The molecule has 0 aliphatic carbocycles. The molecule has 2 heterocycles. The highest BCUT2D eigenvalue weighted by molar-refractivity contribution is 8.00. The highest BCUT2D eigenvalue weighted by Gasteiger charge is 2.27. The van der Waals surface area contributed by atoms with Crippen LogP contribution in [0.2, 0.25) is 5.02 Å². The Morgan fingerprint density at radius 3 is 2.75 bits per heavy atom. The number of hydrogen-bond donors (Lipinski definition) is 1. The number of nitrogens with zero attached hydrogens (tertiary/aromatic N) is 3. The van der Waals surface area contributed by atoms with Gasteiger partial charge in [-0.25, -0.2) is 9.37 Å². The summed E-state index contributed by atoms with van der Waals surface area (Å²) in [6.45, 7) is 0.0641. The maximum Gasteiger partial charge on any atom is 0.237 e. The predicted octanol–water partition coefficient (Wildman–Crippen LogP) is 5.49. The quantitative estimate of drug-likeness (QED) is 0.424. The smallest absolute Gasteiger partial charge is 0.237 e. The summed E-state index contributed by atoms with van der Waals surface area (Å²) in [6, 6.07) is 20.3. The number of aromatic amines is 1. The van der Waals surface area contributed by atoms with Crippen LogP contribution in [0.25, 0.3) is 11.4 Å². The fraction of sp³-hybridized carbons (Fsp3) is 0.125. The minimum absolute atomic E-state index is 0.0641. The van der Waals surface area contributed by atoms with E-state index in [-0.39, 0.29) is 12.5 Å². The number of fused-ring (bicyclic) bond motifs is 1. The predicted molar refractivity (Wildman–Crippen MR) is 124 cm³/mol. The first-order valence-corrected chi connectivity index (χ1v) is 11.4. The van der Waals surface area contributed by atoms with Gasteiger partial charge in [0.1, 0.15) is 11.6 Å². The van der Waals surface area contributed by atoms with E-state index in [0.29, 0.717) is 34.3 Å². The molecule has 0 atom stereocenters. The number of aromatic nitrogens is 3. The van der Waals surface area contributed by atoms with Crippen molar-refractivity contribution in [3.8, 4) is 11.4 Å².